The molecule has 0 fully saturated rings. The molecule has 2 heteroatoms. The third-order valence-corrected chi connectivity index (χ3v) is 4.30. The van der Waals surface area contributed by atoms with Crippen LogP contribution in [-0.4, -0.2) is 11.7 Å². The van der Waals surface area contributed by atoms with Crippen LogP contribution >= 0.6 is 11.3 Å². The first-order valence-electron chi connectivity index (χ1n) is 6.03. The summed E-state index contributed by atoms with van der Waals surface area (Å²) in [5.74, 6) is 0. The summed E-state index contributed by atoms with van der Waals surface area (Å²) in [5, 5.41) is 11.2. The van der Waals surface area contributed by atoms with Gasteiger partial charge in [0, 0.05) is 17.9 Å². The van der Waals surface area contributed by atoms with Gasteiger partial charge in [0.1, 0.15) is 0 Å². The fourth-order valence-corrected chi connectivity index (χ4v) is 3.08. The zero-order valence-electron chi connectivity index (χ0n) is 10.4. The van der Waals surface area contributed by atoms with E-state index in [9.17, 15) is 0 Å². The molecule has 0 radical (unpaired) electrons. The zero-order chi connectivity index (χ0) is 12.3. The van der Waals surface area contributed by atoms with Crippen LogP contribution in [0.25, 0.3) is 11.1 Å². The van der Waals surface area contributed by atoms with E-state index in [0.717, 1.165) is 12.8 Å². The van der Waals surface area contributed by atoms with Crippen LogP contribution in [0.3, 0.4) is 0 Å². The Bertz CT molecular complexity index is 482. The summed E-state index contributed by atoms with van der Waals surface area (Å²) in [6.07, 6.45) is 1.85. The van der Waals surface area contributed by atoms with Gasteiger partial charge in [-0.25, -0.2) is 0 Å². The fourth-order valence-electron chi connectivity index (χ4n) is 2.01. The number of hydrogen-bond donors (Lipinski definition) is 1. The molecular formula is C15H18OS. The quantitative estimate of drug-likeness (QED) is 0.869. The molecule has 1 nitrogen and oxygen atoms in total. The van der Waals surface area contributed by atoms with Gasteiger partial charge in [0.15, 0.2) is 0 Å². The van der Waals surface area contributed by atoms with E-state index in [4.69, 9.17) is 5.11 Å². The molecule has 1 aromatic carbocycles. The summed E-state index contributed by atoms with van der Waals surface area (Å²) in [6.45, 7) is 4.55. The SMILES string of the molecule is CCc1ccc(-c2csc(CCO)c2C)cc1. The van der Waals surface area contributed by atoms with E-state index in [2.05, 4.69) is 43.5 Å². The van der Waals surface area contributed by atoms with Gasteiger partial charge in [-0.05, 0) is 41.0 Å². The van der Waals surface area contributed by atoms with Gasteiger partial charge in [0.25, 0.3) is 0 Å². The number of hydrogen-bond acceptors (Lipinski definition) is 2. The number of aliphatic hydroxyl groups is 1. The van der Waals surface area contributed by atoms with Crippen molar-refractivity contribution in [3.8, 4) is 11.1 Å². The number of aryl methyl sites for hydroxylation is 1. The van der Waals surface area contributed by atoms with Crippen molar-refractivity contribution in [1.29, 1.82) is 0 Å². The van der Waals surface area contributed by atoms with Crippen molar-refractivity contribution in [3.05, 3.63) is 45.6 Å². The van der Waals surface area contributed by atoms with E-state index in [0.29, 0.717) is 0 Å². The molecule has 1 heterocycles. The molecular weight excluding hydrogens is 228 g/mol. The molecule has 0 aliphatic carbocycles. The molecule has 0 aliphatic rings. The Morgan fingerprint density at radius 3 is 2.47 bits per heavy atom. The molecule has 1 N–H and O–H groups in total. The minimum absolute atomic E-state index is 0.232. The predicted molar refractivity (Wildman–Crippen MR) is 74.7 cm³/mol. The third-order valence-electron chi connectivity index (χ3n) is 3.15. The van der Waals surface area contributed by atoms with Gasteiger partial charge in [-0.1, -0.05) is 31.2 Å². The average molecular weight is 246 g/mol. The zero-order valence-corrected chi connectivity index (χ0v) is 11.2. The van der Waals surface area contributed by atoms with Crippen LogP contribution in [0.5, 0.6) is 0 Å². The lowest BCUT2D eigenvalue weighted by Crippen LogP contribution is -1.89. The van der Waals surface area contributed by atoms with Crippen LogP contribution in [0, 0.1) is 6.92 Å². The molecule has 17 heavy (non-hydrogen) atoms. The van der Waals surface area contributed by atoms with Gasteiger partial charge in [-0.3, -0.25) is 0 Å². The highest BCUT2D eigenvalue weighted by Crippen LogP contribution is 2.31. The Morgan fingerprint density at radius 1 is 1.18 bits per heavy atom. The van der Waals surface area contributed by atoms with Crippen LogP contribution in [0.4, 0.5) is 0 Å². The van der Waals surface area contributed by atoms with Crippen LogP contribution in [0.15, 0.2) is 29.6 Å². The molecule has 1 aromatic heterocycles. The topological polar surface area (TPSA) is 20.2 Å². The first kappa shape index (κ1) is 12.3. The molecule has 0 spiro atoms. The first-order valence-corrected chi connectivity index (χ1v) is 6.91. The minimum Gasteiger partial charge on any atom is -0.396 e. The van der Waals surface area contributed by atoms with Gasteiger partial charge in [0.2, 0.25) is 0 Å². The monoisotopic (exact) mass is 246 g/mol. The average Bonchev–Trinajstić information content (AvgIpc) is 2.72. The Balaban J connectivity index is 2.32. The summed E-state index contributed by atoms with van der Waals surface area (Å²) in [5.41, 5.74) is 5.27. The summed E-state index contributed by atoms with van der Waals surface area (Å²) in [7, 11) is 0. The van der Waals surface area contributed by atoms with Crippen molar-refractivity contribution >= 4 is 11.3 Å². The molecule has 0 atom stereocenters. The predicted octanol–water partition coefficient (Wildman–Crippen LogP) is 3.82. The van der Waals surface area contributed by atoms with Crippen LogP contribution in [0.2, 0.25) is 0 Å². The van der Waals surface area contributed by atoms with Gasteiger partial charge in [-0.15, -0.1) is 11.3 Å². The van der Waals surface area contributed by atoms with E-state index >= 15 is 0 Å². The number of rotatable bonds is 4. The Labute approximate surface area is 107 Å². The van der Waals surface area contributed by atoms with E-state index in [1.807, 2.05) is 0 Å². The van der Waals surface area contributed by atoms with Crippen molar-refractivity contribution in [1.82, 2.24) is 0 Å². The molecule has 90 valence electrons. The van der Waals surface area contributed by atoms with E-state index in [1.165, 1.54) is 27.1 Å². The lowest BCUT2D eigenvalue weighted by atomic mass is 10.0. The van der Waals surface area contributed by atoms with E-state index in [1.54, 1.807) is 11.3 Å². The second kappa shape index (κ2) is 5.48. The Hall–Kier alpha value is -1.12. The normalized spacial score (nSPS) is 10.8. The Morgan fingerprint density at radius 2 is 1.88 bits per heavy atom. The minimum atomic E-state index is 0.232. The highest BCUT2D eigenvalue weighted by Gasteiger charge is 2.08. The highest BCUT2D eigenvalue weighted by molar-refractivity contribution is 7.10. The fraction of sp³-hybridized carbons (Fsp3) is 0.333. The number of aliphatic hydroxyl groups excluding tert-OH is 1. The van der Waals surface area contributed by atoms with Gasteiger partial charge >= 0.3 is 0 Å². The van der Waals surface area contributed by atoms with Crippen molar-refractivity contribution < 1.29 is 5.11 Å². The summed E-state index contributed by atoms with van der Waals surface area (Å²) >= 11 is 1.75. The summed E-state index contributed by atoms with van der Waals surface area (Å²) in [6, 6.07) is 8.77. The second-order valence-corrected chi connectivity index (χ2v) is 5.19. The number of thiophene rings is 1. The summed E-state index contributed by atoms with van der Waals surface area (Å²) < 4.78 is 0. The van der Waals surface area contributed by atoms with E-state index in [-0.39, 0.29) is 6.61 Å². The largest absolute Gasteiger partial charge is 0.396 e. The first-order chi connectivity index (χ1) is 8.26. The molecule has 0 aliphatic heterocycles. The van der Waals surface area contributed by atoms with Crippen molar-refractivity contribution in [2.45, 2.75) is 26.7 Å². The van der Waals surface area contributed by atoms with Gasteiger partial charge < -0.3 is 5.11 Å². The Kier molecular flexibility index (Phi) is 3.97. The van der Waals surface area contributed by atoms with Crippen molar-refractivity contribution in [3.63, 3.8) is 0 Å². The molecule has 0 amide bonds. The van der Waals surface area contributed by atoms with Crippen LogP contribution < -0.4 is 0 Å². The molecule has 0 unspecified atom stereocenters. The van der Waals surface area contributed by atoms with Crippen molar-refractivity contribution in [2.24, 2.45) is 0 Å². The molecule has 2 aromatic rings. The standard InChI is InChI=1S/C15H18OS/c1-3-12-4-6-13(7-5-12)14-10-17-15(8-9-16)11(14)2/h4-7,10,16H,3,8-9H2,1-2H3. The van der Waals surface area contributed by atoms with Crippen LogP contribution in [0.1, 0.15) is 22.9 Å². The maximum absolute atomic E-state index is 9.00. The smallest absolute Gasteiger partial charge is 0.0479 e. The van der Waals surface area contributed by atoms with Gasteiger partial charge in [0.05, 0.1) is 0 Å². The molecule has 0 bridgehead atoms. The van der Waals surface area contributed by atoms with Gasteiger partial charge in [-0.2, -0.15) is 0 Å². The summed E-state index contributed by atoms with van der Waals surface area (Å²) in [4.78, 5) is 1.29. The maximum atomic E-state index is 9.00. The molecule has 0 saturated heterocycles. The van der Waals surface area contributed by atoms with Crippen LogP contribution in [-0.2, 0) is 12.8 Å². The third kappa shape index (κ3) is 2.59. The number of benzene rings is 1. The lowest BCUT2D eigenvalue weighted by molar-refractivity contribution is 0.300. The molecule has 2 rings (SSSR count). The molecule has 0 saturated carbocycles. The van der Waals surface area contributed by atoms with Crippen molar-refractivity contribution in [2.75, 3.05) is 6.61 Å². The maximum Gasteiger partial charge on any atom is 0.0479 e. The van der Waals surface area contributed by atoms with E-state index < -0.39 is 0 Å². The lowest BCUT2D eigenvalue weighted by Gasteiger charge is -2.03. The highest BCUT2D eigenvalue weighted by atomic mass is 32.1. The second-order valence-electron chi connectivity index (χ2n) is 4.22.